The third-order valence-electron chi connectivity index (χ3n) is 2.49. The van der Waals surface area contributed by atoms with Gasteiger partial charge < -0.3 is 20.3 Å². The van der Waals surface area contributed by atoms with Gasteiger partial charge in [-0.1, -0.05) is 16.8 Å². The highest BCUT2D eigenvalue weighted by Crippen LogP contribution is 2.22. The molecule has 0 bridgehead atoms. The Morgan fingerprint density at radius 3 is 2.86 bits per heavy atom. The van der Waals surface area contributed by atoms with Gasteiger partial charge in [0.25, 0.3) is 0 Å². The number of hydrogen-bond donors (Lipinski definition) is 3. The minimum Gasteiger partial charge on any atom is -0.478 e. The monoisotopic (exact) mass is 310 g/mol. The molecule has 2 rings (SSSR count). The van der Waals surface area contributed by atoms with E-state index in [1.165, 1.54) is 24.5 Å². The fourth-order valence-corrected chi connectivity index (χ4v) is 1.67. The number of aromatic nitrogens is 2. The van der Waals surface area contributed by atoms with Gasteiger partial charge in [-0.3, -0.25) is 0 Å². The van der Waals surface area contributed by atoms with Crippen LogP contribution in [0.5, 0.6) is 0 Å². The van der Waals surface area contributed by atoms with Gasteiger partial charge in [0.15, 0.2) is 6.33 Å². The van der Waals surface area contributed by atoms with Crippen LogP contribution in [0.4, 0.5) is 10.5 Å². The van der Waals surface area contributed by atoms with E-state index in [2.05, 4.69) is 20.8 Å². The summed E-state index contributed by atoms with van der Waals surface area (Å²) in [7, 11) is 0. The fourth-order valence-electron chi connectivity index (χ4n) is 1.51. The molecule has 0 aliphatic heterocycles. The smallest absolute Gasteiger partial charge is 0.335 e. The van der Waals surface area contributed by atoms with E-state index in [1.54, 1.807) is 0 Å². The van der Waals surface area contributed by atoms with Gasteiger partial charge in [-0.05, 0) is 18.2 Å². The van der Waals surface area contributed by atoms with E-state index in [-0.39, 0.29) is 22.8 Å². The van der Waals surface area contributed by atoms with Crippen molar-refractivity contribution in [3.63, 3.8) is 0 Å². The molecule has 1 heterocycles. The Labute approximate surface area is 124 Å². The Hall–Kier alpha value is -2.61. The molecular weight excluding hydrogens is 300 g/mol. The van der Waals surface area contributed by atoms with Gasteiger partial charge in [0, 0.05) is 13.0 Å². The number of nitrogens with zero attached hydrogens (tertiary/aromatic N) is 2. The van der Waals surface area contributed by atoms with Crippen molar-refractivity contribution in [2.45, 2.75) is 6.42 Å². The number of hydrogen-bond acceptors (Lipinski definition) is 5. The van der Waals surface area contributed by atoms with Crippen molar-refractivity contribution in [2.24, 2.45) is 0 Å². The Balaban J connectivity index is 1.90. The summed E-state index contributed by atoms with van der Waals surface area (Å²) in [6, 6.07) is 3.52. The summed E-state index contributed by atoms with van der Waals surface area (Å²) < 4.78 is 4.78. The molecular formula is C12H11ClN4O4. The fraction of sp³-hybridized carbons (Fsp3) is 0.167. The molecule has 0 unspecified atom stereocenters. The average molecular weight is 311 g/mol. The van der Waals surface area contributed by atoms with Gasteiger partial charge in [0.2, 0.25) is 5.89 Å². The Morgan fingerprint density at radius 2 is 2.19 bits per heavy atom. The maximum Gasteiger partial charge on any atom is 0.335 e. The number of anilines is 1. The van der Waals surface area contributed by atoms with Crippen LogP contribution in [0.3, 0.4) is 0 Å². The first kappa shape index (κ1) is 14.8. The first-order valence-electron chi connectivity index (χ1n) is 5.89. The van der Waals surface area contributed by atoms with Crippen LogP contribution in [0.1, 0.15) is 16.2 Å². The number of carbonyl (C=O) groups excluding carboxylic acids is 1. The van der Waals surface area contributed by atoms with E-state index in [4.69, 9.17) is 21.2 Å². The van der Waals surface area contributed by atoms with Crippen molar-refractivity contribution >= 4 is 29.3 Å². The van der Waals surface area contributed by atoms with Crippen molar-refractivity contribution in [1.29, 1.82) is 0 Å². The van der Waals surface area contributed by atoms with Crippen LogP contribution in [0.15, 0.2) is 29.0 Å². The van der Waals surface area contributed by atoms with Gasteiger partial charge in [-0.25, -0.2) is 9.59 Å². The van der Waals surface area contributed by atoms with Crippen LogP contribution >= 0.6 is 11.6 Å². The van der Waals surface area contributed by atoms with Crippen molar-refractivity contribution in [3.05, 3.63) is 41.0 Å². The third-order valence-corrected chi connectivity index (χ3v) is 2.82. The van der Waals surface area contributed by atoms with Crippen LogP contribution in [-0.4, -0.2) is 33.8 Å². The standard InChI is InChI=1S/C12H11ClN4O4/c13-8-2-1-7(11(18)19)5-9(8)17-12(20)14-4-3-10-15-6-16-21-10/h1-2,5-6H,3-4H2,(H,18,19)(H2,14,17,20). The summed E-state index contributed by atoms with van der Waals surface area (Å²) in [5, 5.41) is 17.6. The quantitative estimate of drug-likeness (QED) is 0.775. The molecule has 110 valence electrons. The largest absolute Gasteiger partial charge is 0.478 e. The molecule has 2 amide bonds. The van der Waals surface area contributed by atoms with Gasteiger partial charge in [0.1, 0.15) is 0 Å². The zero-order valence-corrected chi connectivity index (χ0v) is 11.4. The van der Waals surface area contributed by atoms with E-state index in [0.29, 0.717) is 12.3 Å². The normalized spacial score (nSPS) is 10.1. The molecule has 0 radical (unpaired) electrons. The lowest BCUT2D eigenvalue weighted by atomic mass is 10.2. The summed E-state index contributed by atoms with van der Waals surface area (Å²) in [5.74, 6) is -0.701. The number of amides is 2. The zero-order valence-electron chi connectivity index (χ0n) is 10.7. The van der Waals surface area contributed by atoms with E-state index in [9.17, 15) is 9.59 Å². The summed E-state index contributed by atoms with van der Waals surface area (Å²) in [6.07, 6.45) is 1.66. The Bertz CT molecular complexity index is 645. The number of aromatic carboxylic acids is 1. The SMILES string of the molecule is O=C(NCCc1ncno1)Nc1cc(C(=O)O)ccc1Cl. The lowest BCUT2D eigenvalue weighted by Gasteiger charge is -2.09. The summed E-state index contributed by atoms with van der Waals surface area (Å²) in [6.45, 7) is 0.282. The highest BCUT2D eigenvalue weighted by Gasteiger charge is 2.10. The van der Waals surface area contributed by atoms with Crippen LogP contribution in [0.25, 0.3) is 0 Å². The van der Waals surface area contributed by atoms with Crippen molar-refractivity contribution < 1.29 is 19.2 Å². The molecule has 2 aromatic rings. The van der Waals surface area contributed by atoms with Gasteiger partial charge in [0.05, 0.1) is 16.3 Å². The second-order valence-electron chi connectivity index (χ2n) is 3.97. The number of carboxylic acid groups (broad SMARTS) is 1. The highest BCUT2D eigenvalue weighted by molar-refractivity contribution is 6.33. The highest BCUT2D eigenvalue weighted by atomic mass is 35.5. The average Bonchev–Trinajstić information content (AvgIpc) is 2.94. The minimum atomic E-state index is -1.11. The van der Waals surface area contributed by atoms with Gasteiger partial charge in [-0.15, -0.1) is 0 Å². The van der Waals surface area contributed by atoms with Crippen LogP contribution in [0.2, 0.25) is 5.02 Å². The number of rotatable bonds is 5. The predicted octanol–water partition coefficient (Wildman–Crippen LogP) is 1.79. The van der Waals surface area contributed by atoms with Gasteiger partial charge >= 0.3 is 12.0 Å². The molecule has 1 aromatic carbocycles. The lowest BCUT2D eigenvalue weighted by Crippen LogP contribution is -2.30. The Kier molecular flexibility index (Phi) is 4.72. The maximum absolute atomic E-state index is 11.7. The predicted molar refractivity (Wildman–Crippen MR) is 73.4 cm³/mol. The number of urea groups is 1. The van der Waals surface area contributed by atoms with E-state index < -0.39 is 12.0 Å². The third kappa shape index (κ3) is 4.18. The summed E-state index contributed by atoms with van der Waals surface area (Å²) in [4.78, 5) is 26.3. The number of nitrogens with one attached hydrogen (secondary N) is 2. The molecule has 0 saturated heterocycles. The molecule has 3 N–H and O–H groups in total. The number of carboxylic acids is 1. The minimum absolute atomic E-state index is 0.0283. The molecule has 0 atom stereocenters. The van der Waals surface area contributed by atoms with Crippen LogP contribution in [0, 0.1) is 0 Å². The zero-order chi connectivity index (χ0) is 15.2. The number of halogens is 1. The van der Waals surface area contributed by atoms with Crippen molar-refractivity contribution in [2.75, 3.05) is 11.9 Å². The first-order chi connectivity index (χ1) is 10.1. The van der Waals surface area contributed by atoms with E-state index in [0.717, 1.165) is 0 Å². The number of carbonyl (C=O) groups is 2. The van der Waals surface area contributed by atoms with Crippen molar-refractivity contribution in [3.8, 4) is 0 Å². The van der Waals surface area contributed by atoms with E-state index in [1.807, 2.05) is 0 Å². The molecule has 0 fully saturated rings. The van der Waals surface area contributed by atoms with Crippen LogP contribution < -0.4 is 10.6 Å². The second kappa shape index (κ2) is 6.71. The topological polar surface area (TPSA) is 117 Å². The summed E-state index contributed by atoms with van der Waals surface area (Å²) in [5.41, 5.74) is 0.243. The molecule has 0 aliphatic carbocycles. The Morgan fingerprint density at radius 1 is 1.38 bits per heavy atom. The molecule has 21 heavy (non-hydrogen) atoms. The second-order valence-corrected chi connectivity index (χ2v) is 4.37. The van der Waals surface area contributed by atoms with E-state index >= 15 is 0 Å². The lowest BCUT2D eigenvalue weighted by molar-refractivity contribution is 0.0697. The molecule has 0 saturated carbocycles. The maximum atomic E-state index is 11.7. The molecule has 0 spiro atoms. The van der Waals surface area contributed by atoms with Crippen LogP contribution in [-0.2, 0) is 6.42 Å². The van der Waals surface area contributed by atoms with Gasteiger partial charge in [-0.2, -0.15) is 4.98 Å². The molecule has 8 nitrogen and oxygen atoms in total. The van der Waals surface area contributed by atoms with Crippen molar-refractivity contribution in [1.82, 2.24) is 15.5 Å². The molecule has 1 aromatic heterocycles. The number of benzene rings is 1. The first-order valence-corrected chi connectivity index (χ1v) is 6.27. The summed E-state index contributed by atoms with van der Waals surface area (Å²) >= 11 is 5.89. The molecule has 9 heteroatoms. The molecule has 0 aliphatic rings.